The quantitative estimate of drug-likeness (QED) is 0.0182. The van der Waals surface area contributed by atoms with Crippen LogP contribution in [-0.4, -0.2) is 59.7 Å². The van der Waals surface area contributed by atoms with Gasteiger partial charge in [0.2, 0.25) is 0 Å². The molecule has 0 bridgehead atoms. The molecule has 0 aliphatic carbocycles. The van der Waals surface area contributed by atoms with Crippen molar-refractivity contribution in [3.8, 4) is 0 Å². The molecule has 0 saturated carbocycles. The summed E-state index contributed by atoms with van der Waals surface area (Å²) in [4.78, 5) is 22.6. The van der Waals surface area contributed by atoms with Crippen molar-refractivity contribution in [2.24, 2.45) is 0 Å². The van der Waals surface area contributed by atoms with Crippen molar-refractivity contribution in [2.45, 2.75) is 212 Å². The third-order valence-electron chi connectivity index (χ3n) is 9.39. The molecule has 0 aromatic heterocycles. The van der Waals surface area contributed by atoms with Crippen molar-refractivity contribution in [3.05, 3.63) is 36.6 Å². The van der Waals surface area contributed by atoms with Crippen molar-refractivity contribution in [2.75, 3.05) is 26.4 Å². The van der Waals surface area contributed by atoms with Gasteiger partial charge in [-0.05, 0) is 57.4 Å². The zero-order chi connectivity index (χ0) is 39.6. The maximum atomic E-state index is 12.6. The highest BCUT2D eigenvalue weighted by atomic mass is 31.2. The van der Waals surface area contributed by atoms with E-state index < -0.39 is 45.8 Å². The lowest BCUT2D eigenvalue weighted by Gasteiger charge is -2.20. The van der Waals surface area contributed by atoms with E-state index in [0.29, 0.717) is 6.42 Å². The number of ether oxygens (including phenoxy) is 2. The minimum absolute atomic E-state index is 0.0349. The third kappa shape index (κ3) is 40.2. The SMILES string of the molecule is CCCCC/C=C\C/C=C\CCCCCCCCCCCC(=O)O[C@H](CO/C=C\CCCCCCCCCCCCCC)COP(=O)(O)OC[C@@H](O)CO. The van der Waals surface area contributed by atoms with Gasteiger partial charge in [0.25, 0.3) is 0 Å². The van der Waals surface area contributed by atoms with Gasteiger partial charge in [0.05, 0.1) is 26.1 Å². The zero-order valence-electron chi connectivity index (χ0n) is 34.7. The van der Waals surface area contributed by atoms with Crippen LogP contribution in [0.25, 0.3) is 0 Å². The van der Waals surface area contributed by atoms with Crippen LogP contribution in [0.15, 0.2) is 36.6 Å². The highest BCUT2D eigenvalue weighted by molar-refractivity contribution is 7.47. The van der Waals surface area contributed by atoms with Crippen molar-refractivity contribution in [3.63, 3.8) is 0 Å². The van der Waals surface area contributed by atoms with Gasteiger partial charge in [-0.1, -0.05) is 167 Å². The molecule has 0 aromatic carbocycles. The number of aliphatic hydroxyl groups excluding tert-OH is 2. The lowest BCUT2D eigenvalue weighted by molar-refractivity contribution is -0.153. The number of rotatable bonds is 42. The van der Waals surface area contributed by atoms with Crippen molar-refractivity contribution >= 4 is 13.8 Å². The van der Waals surface area contributed by atoms with Gasteiger partial charge in [0.15, 0.2) is 6.10 Å². The van der Waals surface area contributed by atoms with Gasteiger partial charge in [0, 0.05) is 6.42 Å². The first kappa shape index (κ1) is 52.5. The minimum atomic E-state index is -4.53. The molecule has 0 aromatic rings. The number of carbonyl (C=O) groups excluding carboxylic acids is 1. The number of esters is 1. The molecule has 0 fully saturated rings. The number of unbranched alkanes of at least 4 members (excludes halogenated alkanes) is 24. The first-order valence-electron chi connectivity index (χ1n) is 22.0. The summed E-state index contributed by atoms with van der Waals surface area (Å²) >= 11 is 0. The van der Waals surface area contributed by atoms with Gasteiger partial charge in [-0.2, -0.15) is 0 Å². The first-order valence-corrected chi connectivity index (χ1v) is 23.5. The third-order valence-corrected chi connectivity index (χ3v) is 10.3. The molecule has 0 amide bonds. The smallest absolute Gasteiger partial charge is 0.472 e. The number of hydrogen-bond donors (Lipinski definition) is 3. The summed E-state index contributed by atoms with van der Waals surface area (Å²) in [5, 5.41) is 18.3. The Kier molecular flexibility index (Phi) is 40.0. The lowest BCUT2D eigenvalue weighted by atomic mass is 10.0. The van der Waals surface area contributed by atoms with Crippen LogP contribution < -0.4 is 0 Å². The molecule has 9 nitrogen and oxygen atoms in total. The molecule has 0 aliphatic rings. The highest BCUT2D eigenvalue weighted by Gasteiger charge is 2.26. The predicted molar refractivity (Wildman–Crippen MR) is 223 cm³/mol. The van der Waals surface area contributed by atoms with E-state index in [2.05, 4.69) is 38.2 Å². The van der Waals surface area contributed by atoms with E-state index in [1.165, 1.54) is 128 Å². The van der Waals surface area contributed by atoms with E-state index in [9.17, 15) is 19.4 Å². The van der Waals surface area contributed by atoms with Crippen LogP contribution >= 0.6 is 7.82 Å². The molecule has 0 heterocycles. The number of carbonyl (C=O) groups is 1. The van der Waals surface area contributed by atoms with E-state index in [0.717, 1.165) is 44.9 Å². The summed E-state index contributed by atoms with van der Waals surface area (Å²) in [6.45, 7) is 2.87. The molecule has 318 valence electrons. The second-order valence-electron chi connectivity index (χ2n) is 14.8. The second kappa shape index (κ2) is 41.2. The van der Waals surface area contributed by atoms with E-state index in [1.807, 2.05) is 6.08 Å². The van der Waals surface area contributed by atoms with E-state index in [4.69, 9.17) is 23.6 Å². The largest absolute Gasteiger partial charge is 0.498 e. The highest BCUT2D eigenvalue weighted by Crippen LogP contribution is 2.43. The van der Waals surface area contributed by atoms with Crippen molar-refractivity contribution < 1.29 is 43.0 Å². The number of phosphoric ester groups is 1. The number of phosphoric acid groups is 1. The Morgan fingerprint density at radius 3 is 1.52 bits per heavy atom. The fourth-order valence-electron chi connectivity index (χ4n) is 6.00. The summed E-state index contributed by atoms with van der Waals surface area (Å²) in [7, 11) is -4.53. The zero-order valence-corrected chi connectivity index (χ0v) is 35.6. The normalized spacial score (nSPS) is 14.3. The van der Waals surface area contributed by atoms with Gasteiger partial charge in [-0.25, -0.2) is 4.57 Å². The Labute approximate surface area is 331 Å². The van der Waals surface area contributed by atoms with Crippen molar-refractivity contribution in [1.82, 2.24) is 0 Å². The van der Waals surface area contributed by atoms with Gasteiger partial charge in [0.1, 0.15) is 12.7 Å². The van der Waals surface area contributed by atoms with Crippen LogP contribution in [0, 0.1) is 0 Å². The molecule has 54 heavy (non-hydrogen) atoms. The van der Waals surface area contributed by atoms with Crippen LogP contribution in [0.1, 0.15) is 200 Å². The summed E-state index contributed by atoms with van der Waals surface area (Å²) < 4.78 is 33.1. The molecule has 3 N–H and O–H groups in total. The molecule has 1 unspecified atom stereocenters. The van der Waals surface area contributed by atoms with E-state index in [-0.39, 0.29) is 13.0 Å². The summed E-state index contributed by atoms with van der Waals surface area (Å²) in [6, 6.07) is 0. The standard InChI is InChI=1S/C44H83O9P/c1-3-5-7-9-11-13-15-17-19-20-21-22-23-24-26-28-30-32-34-36-44(47)53-43(41-52-54(48,49)51-39-42(46)38-45)40-50-37-35-33-31-29-27-25-18-16-14-12-10-8-6-4-2/h11,13,17,19,35,37,42-43,45-46H,3-10,12,14-16,18,20-34,36,38-41H2,1-2H3,(H,48,49)/b13-11-,19-17-,37-35-/t42-,43+/m0/s1. The molecule has 0 saturated heterocycles. The summed E-state index contributed by atoms with van der Waals surface area (Å²) in [5.74, 6) is -0.408. The topological polar surface area (TPSA) is 132 Å². The molecule has 3 atom stereocenters. The van der Waals surface area contributed by atoms with Crippen LogP contribution in [0.2, 0.25) is 0 Å². The van der Waals surface area contributed by atoms with Crippen molar-refractivity contribution in [1.29, 1.82) is 0 Å². The molecular formula is C44H83O9P. The maximum absolute atomic E-state index is 12.6. The first-order chi connectivity index (χ1) is 26.3. The summed E-state index contributed by atoms with van der Waals surface area (Å²) in [6.07, 6.45) is 44.7. The molecule has 0 spiro atoms. The van der Waals surface area contributed by atoms with E-state index >= 15 is 0 Å². The van der Waals surface area contributed by atoms with Gasteiger partial charge in [-0.15, -0.1) is 0 Å². The average Bonchev–Trinajstić information content (AvgIpc) is 3.16. The Morgan fingerprint density at radius 1 is 0.574 bits per heavy atom. The predicted octanol–water partition coefficient (Wildman–Crippen LogP) is 12.4. The van der Waals surface area contributed by atoms with E-state index in [1.54, 1.807) is 6.26 Å². The Bertz CT molecular complexity index is 939. The lowest BCUT2D eigenvalue weighted by Crippen LogP contribution is -2.28. The van der Waals surface area contributed by atoms with Gasteiger partial charge >= 0.3 is 13.8 Å². The number of hydrogen-bond acceptors (Lipinski definition) is 8. The fourth-order valence-corrected chi connectivity index (χ4v) is 6.79. The van der Waals surface area contributed by atoms with Crippen LogP contribution in [0.5, 0.6) is 0 Å². The molecular weight excluding hydrogens is 703 g/mol. The molecule has 10 heteroatoms. The Morgan fingerprint density at radius 2 is 1.00 bits per heavy atom. The average molecular weight is 787 g/mol. The number of allylic oxidation sites excluding steroid dienone is 5. The minimum Gasteiger partial charge on any atom is -0.498 e. The Hall–Kier alpha value is -1.48. The number of aliphatic hydroxyl groups is 2. The van der Waals surface area contributed by atoms with Crippen LogP contribution in [0.3, 0.4) is 0 Å². The summed E-state index contributed by atoms with van der Waals surface area (Å²) in [5.41, 5.74) is 0. The monoisotopic (exact) mass is 787 g/mol. The van der Waals surface area contributed by atoms with Gasteiger partial charge < -0.3 is 24.6 Å². The van der Waals surface area contributed by atoms with Gasteiger partial charge in [-0.3, -0.25) is 13.8 Å². The fraction of sp³-hybridized carbons (Fsp3) is 0.841. The molecule has 0 rings (SSSR count). The van der Waals surface area contributed by atoms with Crippen LogP contribution in [-0.2, 0) is 27.9 Å². The Balaban J connectivity index is 4.19. The molecule has 0 radical (unpaired) electrons. The van der Waals surface area contributed by atoms with Crippen LogP contribution in [0.4, 0.5) is 0 Å². The molecule has 0 aliphatic heterocycles. The maximum Gasteiger partial charge on any atom is 0.472 e. The second-order valence-corrected chi connectivity index (χ2v) is 16.2.